The first-order chi connectivity index (χ1) is 11.3. The summed E-state index contributed by atoms with van der Waals surface area (Å²) < 4.78 is 0. The third-order valence-electron chi connectivity index (χ3n) is 4.83. The van der Waals surface area contributed by atoms with Crippen molar-refractivity contribution in [2.24, 2.45) is 0 Å². The average Bonchev–Trinajstić information content (AvgIpc) is 3.05. The minimum Gasteiger partial charge on any atom is -0.357 e. The number of likely N-dealkylation sites (tertiary alicyclic amines) is 1. The predicted octanol–water partition coefficient (Wildman–Crippen LogP) is 4.26. The molecule has 0 N–H and O–H groups in total. The van der Waals surface area contributed by atoms with Crippen LogP contribution in [0, 0.1) is 0 Å². The molecule has 0 spiro atoms. The fraction of sp³-hybridized carbons (Fsp3) is 0.450. The molecule has 1 fully saturated rings. The van der Waals surface area contributed by atoms with E-state index in [-0.39, 0.29) is 0 Å². The minimum atomic E-state index is 0.486. The molecule has 0 saturated carbocycles. The Morgan fingerprint density at radius 3 is 2.61 bits per heavy atom. The Balaban J connectivity index is 1.85. The van der Waals surface area contributed by atoms with E-state index in [1.165, 1.54) is 36.3 Å². The van der Waals surface area contributed by atoms with Crippen LogP contribution in [0.25, 0.3) is 0 Å². The Hall–Kier alpha value is -1.87. The Bertz CT molecular complexity index is 607. The summed E-state index contributed by atoms with van der Waals surface area (Å²) in [5, 5.41) is 0. The SMILES string of the molecule is CCN(CC)c1ncccc1C1CCCN1Cc1ccccc1. The fourth-order valence-corrected chi connectivity index (χ4v) is 3.64. The summed E-state index contributed by atoms with van der Waals surface area (Å²) in [5.41, 5.74) is 2.79. The molecular weight excluding hydrogens is 282 g/mol. The zero-order chi connectivity index (χ0) is 16.1. The van der Waals surface area contributed by atoms with Crippen molar-refractivity contribution in [1.82, 2.24) is 9.88 Å². The second-order valence-corrected chi connectivity index (χ2v) is 6.20. The third-order valence-corrected chi connectivity index (χ3v) is 4.83. The van der Waals surface area contributed by atoms with E-state index in [4.69, 9.17) is 4.98 Å². The van der Waals surface area contributed by atoms with Gasteiger partial charge in [-0.1, -0.05) is 36.4 Å². The van der Waals surface area contributed by atoms with Crippen LogP contribution < -0.4 is 4.90 Å². The van der Waals surface area contributed by atoms with Crippen molar-refractivity contribution >= 4 is 5.82 Å². The van der Waals surface area contributed by atoms with Crippen LogP contribution in [0.15, 0.2) is 48.7 Å². The highest BCUT2D eigenvalue weighted by Crippen LogP contribution is 2.37. The highest BCUT2D eigenvalue weighted by atomic mass is 15.2. The van der Waals surface area contributed by atoms with Gasteiger partial charge >= 0.3 is 0 Å². The van der Waals surface area contributed by atoms with E-state index in [1.807, 2.05) is 6.20 Å². The summed E-state index contributed by atoms with van der Waals surface area (Å²) in [7, 11) is 0. The Labute approximate surface area is 140 Å². The number of rotatable bonds is 6. The van der Waals surface area contributed by atoms with E-state index in [9.17, 15) is 0 Å². The predicted molar refractivity (Wildman–Crippen MR) is 96.6 cm³/mol. The van der Waals surface area contributed by atoms with E-state index in [1.54, 1.807) is 0 Å². The van der Waals surface area contributed by atoms with Gasteiger partial charge < -0.3 is 4.90 Å². The lowest BCUT2D eigenvalue weighted by atomic mass is 10.0. The van der Waals surface area contributed by atoms with E-state index >= 15 is 0 Å². The van der Waals surface area contributed by atoms with Gasteiger partial charge in [0.15, 0.2) is 0 Å². The van der Waals surface area contributed by atoms with Crippen LogP contribution in [0.1, 0.15) is 43.9 Å². The first-order valence-corrected chi connectivity index (χ1v) is 8.81. The van der Waals surface area contributed by atoms with E-state index in [2.05, 4.69) is 66.1 Å². The van der Waals surface area contributed by atoms with Gasteiger partial charge in [0.05, 0.1) is 0 Å². The third kappa shape index (κ3) is 3.56. The molecule has 23 heavy (non-hydrogen) atoms. The van der Waals surface area contributed by atoms with Crippen LogP contribution in [-0.2, 0) is 6.54 Å². The molecule has 3 rings (SSSR count). The molecule has 1 unspecified atom stereocenters. The quantitative estimate of drug-likeness (QED) is 0.794. The lowest BCUT2D eigenvalue weighted by Crippen LogP contribution is -2.28. The molecule has 122 valence electrons. The van der Waals surface area contributed by atoms with Gasteiger partial charge in [-0.25, -0.2) is 4.98 Å². The molecule has 1 atom stereocenters. The summed E-state index contributed by atoms with van der Waals surface area (Å²) >= 11 is 0. The van der Waals surface area contributed by atoms with Crippen molar-refractivity contribution in [3.05, 3.63) is 59.8 Å². The first-order valence-electron chi connectivity index (χ1n) is 8.81. The zero-order valence-corrected chi connectivity index (χ0v) is 14.3. The van der Waals surface area contributed by atoms with Gasteiger partial charge in [0.1, 0.15) is 5.82 Å². The molecule has 3 nitrogen and oxygen atoms in total. The van der Waals surface area contributed by atoms with Gasteiger partial charge in [-0.15, -0.1) is 0 Å². The molecule has 1 aromatic carbocycles. The van der Waals surface area contributed by atoms with Crippen molar-refractivity contribution in [3.8, 4) is 0 Å². The second-order valence-electron chi connectivity index (χ2n) is 6.20. The Morgan fingerprint density at radius 1 is 1.09 bits per heavy atom. The van der Waals surface area contributed by atoms with Gasteiger partial charge in [-0.05, 0) is 44.9 Å². The van der Waals surface area contributed by atoms with Gasteiger partial charge in [-0.3, -0.25) is 4.90 Å². The van der Waals surface area contributed by atoms with Crippen LogP contribution in [0.5, 0.6) is 0 Å². The second kappa shape index (κ2) is 7.60. The molecule has 0 aliphatic carbocycles. The van der Waals surface area contributed by atoms with Crippen LogP contribution >= 0.6 is 0 Å². The van der Waals surface area contributed by atoms with Gasteiger partial charge in [0.2, 0.25) is 0 Å². The maximum atomic E-state index is 4.71. The topological polar surface area (TPSA) is 19.4 Å². The van der Waals surface area contributed by atoms with E-state index in [0.717, 1.165) is 19.6 Å². The number of hydrogen-bond donors (Lipinski definition) is 0. The number of benzene rings is 1. The van der Waals surface area contributed by atoms with Gasteiger partial charge in [0, 0.05) is 37.4 Å². The van der Waals surface area contributed by atoms with Crippen molar-refractivity contribution < 1.29 is 0 Å². The lowest BCUT2D eigenvalue weighted by Gasteiger charge is -2.29. The normalized spacial score (nSPS) is 18.3. The highest BCUT2D eigenvalue weighted by Gasteiger charge is 2.29. The number of hydrogen-bond acceptors (Lipinski definition) is 3. The average molecular weight is 309 g/mol. The molecule has 0 amide bonds. The standard InChI is InChI=1S/C20H27N3/c1-3-22(4-2)20-18(12-8-14-21-20)19-13-9-15-23(19)16-17-10-6-5-7-11-17/h5-8,10-12,14,19H,3-4,9,13,15-16H2,1-2H3. The number of pyridine rings is 1. The van der Waals surface area contributed by atoms with E-state index in [0.29, 0.717) is 6.04 Å². The smallest absolute Gasteiger partial charge is 0.133 e. The molecular formula is C20H27N3. The summed E-state index contributed by atoms with van der Waals surface area (Å²) in [6.07, 6.45) is 4.42. The molecule has 1 aromatic heterocycles. The summed E-state index contributed by atoms with van der Waals surface area (Å²) in [6, 6.07) is 15.6. The number of nitrogens with zero attached hydrogens (tertiary/aromatic N) is 3. The van der Waals surface area contributed by atoms with E-state index < -0.39 is 0 Å². The lowest BCUT2D eigenvalue weighted by molar-refractivity contribution is 0.248. The van der Waals surface area contributed by atoms with Crippen molar-refractivity contribution in [2.75, 3.05) is 24.5 Å². The maximum absolute atomic E-state index is 4.71. The van der Waals surface area contributed by atoms with Crippen molar-refractivity contribution in [2.45, 2.75) is 39.3 Å². The maximum Gasteiger partial charge on any atom is 0.133 e. The molecule has 2 heterocycles. The summed E-state index contributed by atoms with van der Waals surface area (Å²) in [5.74, 6) is 1.17. The van der Waals surface area contributed by atoms with Crippen molar-refractivity contribution in [1.29, 1.82) is 0 Å². The van der Waals surface area contributed by atoms with Crippen LogP contribution in [0.2, 0.25) is 0 Å². The highest BCUT2D eigenvalue weighted by molar-refractivity contribution is 5.48. The van der Waals surface area contributed by atoms with Gasteiger partial charge in [0.25, 0.3) is 0 Å². The van der Waals surface area contributed by atoms with Gasteiger partial charge in [-0.2, -0.15) is 0 Å². The molecule has 3 heteroatoms. The summed E-state index contributed by atoms with van der Waals surface area (Å²) in [6.45, 7) is 8.62. The van der Waals surface area contributed by atoms with Crippen LogP contribution in [0.3, 0.4) is 0 Å². The monoisotopic (exact) mass is 309 g/mol. The number of anilines is 1. The Morgan fingerprint density at radius 2 is 1.87 bits per heavy atom. The van der Waals surface area contributed by atoms with Crippen LogP contribution in [0.4, 0.5) is 5.82 Å². The molecule has 0 radical (unpaired) electrons. The van der Waals surface area contributed by atoms with Crippen LogP contribution in [-0.4, -0.2) is 29.5 Å². The molecule has 1 aliphatic heterocycles. The molecule has 0 bridgehead atoms. The largest absolute Gasteiger partial charge is 0.357 e. The molecule has 1 saturated heterocycles. The Kier molecular flexibility index (Phi) is 5.29. The van der Waals surface area contributed by atoms with Crippen molar-refractivity contribution in [3.63, 3.8) is 0 Å². The fourth-order valence-electron chi connectivity index (χ4n) is 3.64. The molecule has 2 aromatic rings. The number of aromatic nitrogens is 1. The zero-order valence-electron chi connectivity index (χ0n) is 14.3. The minimum absolute atomic E-state index is 0.486. The molecule has 1 aliphatic rings. The summed E-state index contributed by atoms with van der Waals surface area (Å²) in [4.78, 5) is 9.69. The first kappa shape index (κ1) is 16.0.